The molecule has 2 atom stereocenters. The second-order valence-electron chi connectivity index (χ2n) is 5.10. The fourth-order valence-electron chi connectivity index (χ4n) is 2.36. The molecule has 0 aromatic carbocycles. The number of carbonyl (C=O) groups is 1. The molecule has 0 radical (unpaired) electrons. The topological polar surface area (TPSA) is 56.7 Å². The minimum atomic E-state index is -1.01. The van der Waals surface area contributed by atoms with Gasteiger partial charge in [0.1, 0.15) is 5.82 Å². The molecule has 0 bridgehead atoms. The highest BCUT2D eigenvalue weighted by molar-refractivity contribution is 6.33. The van der Waals surface area contributed by atoms with Crippen molar-refractivity contribution in [3.05, 3.63) is 22.8 Å². The van der Waals surface area contributed by atoms with Crippen molar-refractivity contribution in [2.45, 2.75) is 25.9 Å². The van der Waals surface area contributed by atoms with E-state index in [1.807, 2.05) is 0 Å². The number of aromatic carboxylic acids is 1. The maximum Gasteiger partial charge on any atom is 0.337 e. The van der Waals surface area contributed by atoms with Crippen molar-refractivity contribution in [3.63, 3.8) is 0 Å². The Morgan fingerprint density at radius 3 is 2.47 bits per heavy atom. The van der Waals surface area contributed by atoms with Gasteiger partial charge < -0.3 is 10.0 Å². The Morgan fingerprint density at radius 2 is 2.00 bits per heavy atom. The van der Waals surface area contributed by atoms with Gasteiger partial charge in [-0.3, -0.25) is 4.90 Å². The van der Waals surface area contributed by atoms with Crippen molar-refractivity contribution in [2.75, 3.05) is 25.0 Å². The monoisotopic (exact) mass is 283 g/mol. The van der Waals surface area contributed by atoms with Crippen LogP contribution < -0.4 is 4.90 Å². The minimum absolute atomic E-state index is 0.115. The van der Waals surface area contributed by atoms with Gasteiger partial charge in [-0.2, -0.15) is 0 Å². The predicted octanol–water partition coefficient (Wildman–Crippen LogP) is 1.96. The van der Waals surface area contributed by atoms with Crippen LogP contribution in [0.15, 0.2) is 12.3 Å². The molecule has 1 aromatic rings. The SMILES string of the molecule is CC1CN(c2ncc(C(=O)O)cc2Cl)CC(C)N1C. The summed E-state index contributed by atoms with van der Waals surface area (Å²) in [6.45, 7) is 5.98. The van der Waals surface area contributed by atoms with Gasteiger partial charge in [0.25, 0.3) is 0 Å². The van der Waals surface area contributed by atoms with E-state index in [-0.39, 0.29) is 5.56 Å². The zero-order valence-electron chi connectivity index (χ0n) is 11.3. The molecule has 104 valence electrons. The minimum Gasteiger partial charge on any atom is -0.478 e. The summed E-state index contributed by atoms with van der Waals surface area (Å²) in [6.07, 6.45) is 1.36. The van der Waals surface area contributed by atoms with Crippen LogP contribution in [0.4, 0.5) is 5.82 Å². The Hall–Kier alpha value is -1.33. The Labute approximate surface area is 117 Å². The molecule has 1 fully saturated rings. The number of nitrogens with zero attached hydrogens (tertiary/aromatic N) is 3. The summed E-state index contributed by atoms with van der Waals surface area (Å²) in [7, 11) is 2.11. The van der Waals surface area contributed by atoms with E-state index in [9.17, 15) is 4.79 Å². The number of likely N-dealkylation sites (N-methyl/N-ethyl adjacent to an activating group) is 1. The lowest BCUT2D eigenvalue weighted by atomic mass is 10.1. The molecule has 1 aromatic heterocycles. The van der Waals surface area contributed by atoms with Crippen molar-refractivity contribution in [1.82, 2.24) is 9.88 Å². The maximum atomic E-state index is 10.9. The van der Waals surface area contributed by atoms with Gasteiger partial charge in [0.2, 0.25) is 0 Å². The second-order valence-corrected chi connectivity index (χ2v) is 5.51. The maximum absolute atomic E-state index is 10.9. The van der Waals surface area contributed by atoms with E-state index in [1.54, 1.807) is 0 Å². The number of anilines is 1. The number of hydrogen-bond donors (Lipinski definition) is 1. The molecule has 0 aliphatic carbocycles. The third-order valence-electron chi connectivity index (χ3n) is 3.73. The van der Waals surface area contributed by atoms with Gasteiger partial charge in [-0.1, -0.05) is 11.6 Å². The molecule has 0 saturated carbocycles. The Morgan fingerprint density at radius 1 is 1.42 bits per heavy atom. The lowest BCUT2D eigenvalue weighted by molar-refractivity contribution is 0.0696. The molecule has 2 unspecified atom stereocenters. The number of piperazine rings is 1. The number of rotatable bonds is 2. The molecule has 0 amide bonds. The Bertz CT molecular complexity index is 483. The average molecular weight is 284 g/mol. The van der Waals surface area contributed by atoms with E-state index in [4.69, 9.17) is 16.7 Å². The zero-order chi connectivity index (χ0) is 14.2. The third kappa shape index (κ3) is 2.82. The van der Waals surface area contributed by atoms with Crippen LogP contribution in [0.2, 0.25) is 5.02 Å². The van der Waals surface area contributed by atoms with Crippen molar-refractivity contribution in [2.24, 2.45) is 0 Å². The highest BCUT2D eigenvalue weighted by Crippen LogP contribution is 2.27. The van der Waals surface area contributed by atoms with Crippen LogP contribution in [-0.4, -0.2) is 53.2 Å². The van der Waals surface area contributed by atoms with Gasteiger partial charge >= 0.3 is 5.97 Å². The van der Waals surface area contributed by atoms with E-state index in [0.29, 0.717) is 22.9 Å². The van der Waals surface area contributed by atoms with Gasteiger partial charge in [-0.15, -0.1) is 0 Å². The Kier molecular flexibility index (Phi) is 3.96. The number of halogens is 1. The van der Waals surface area contributed by atoms with Gasteiger partial charge in [-0.05, 0) is 27.0 Å². The molecule has 6 heteroatoms. The molecule has 0 spiro atoms. The Balaban J connectivity index is 2.25. The van der Waals surface area contributed by atoms with Gasteiger partial charge in [-0.25, -0.2) is 9.78 Å². The number of carboxylic acids is 1. The summed E-state index contributed by atoms with van der Waals surface area (Å²) < 4.78 is 0. The van der Waals surface area contributed by atoms with Gasteiger partial charge in [0, 0.05) is 31.4 Å². The summed E-state index contributed by atoms with van der Waals surface area (Å²) in [5.41, 5.74) is 0.115. The summed E-state index contributed by atoms with van der Waals surface area (Å²) >= 11 is 6.16. The van der Waals surface area contributed by atoms with Crippen molar-refractivity contribution in [1.29, 1.82) is 0 Å². The number of carboxylic acid groups (broad SMARTS) is 1. The highest BCUT2D eigenvalue weighted by Gasteiger charge is 2.28. The lowest BCUT2D eigenvalue weighted by Crippen LogP contribution is -2.55. The first-order chi connectivity index (χ1) is 8.90. The second kappa shape index (κ2) is 5.35. The van der Waals surface area contributed by atoms with Crippen molar-refractivity contribution < 1.29 is 9.90 Å². The molecule has 1 N–H and O–H groups in total. The molecule has 1 aliphatic heterocycles. The van der Waals surface area contributed by atoms with E-state index in [0.717, 1.165) is 13.1 Å². The quantitative estimate of drug-likeness (QED) is 0.899. The van der Waals surface area contributed by atoms with Crippen LogP contribution in [-0.2, 0) is 0 Å². The normalized spacial score (nSPS) is 24.5. The summed E-state index contributed by atoms with van der Waals surface area (Å²) in [5, 5.41) is 9.30. The third-order valence-corrected chi connectivity index (χ3v) is 4.01. The van der Waals surface area contributed by atoms with Crippen LogP contribution in [0.1, 0.15) is 24.2 Å². The first-order valence-electron chi connectivity index (χ1n) is 6.26. The standard InChI is InChI=1S/C13H18ClN3O2/c1-8-6-17(7-9(2)16(8)3)12-11(14)4-10(5-15-12)13(18)19/h4-5,8-9H,6-7H2,1-3H3,(H,18,19). The first kappa shape index (κ1) is 14.1. The fourth-order valence-corrected chi connectivity index (χ4v) is 2.64. The largest absolute Gasteiger partial charge is 0.478 e. The summed E-state index contributed by atoms with van der Waals surface area (Å²) in [6, 6.07) is 2.27. The van der Waals surface area contributed by atoms with Crippen LogP contribution in [0.5, 0.6) is 0 Å². The van der Waals surface area contributed by atoms with E-state index >= 15 is 0 Å². The first-order valence-corrected chi connectivity index (χ1v) is 6.63. The van der Waals surface area contributed by atoms with Gasteiger partial charge in [0.05, 0.1) is 10.6 Å². The van der Waals surface area contributed by atoms with E-state index in [1.165, 1.54) is 12.3 Å². The van der Waals surface area contributed by atoms with Crippen LogP contribution in [0, 0.1) is 0 Å². The predicted molar refractivity (Wildman–Crippen MR) is 75.1 cm³/mol. The van der Waals surface area contributed by atoms with Crippen LogP contribution in [0.25, 0.3) is 0 Å². The molecule has 2 heterocycles. The van der Waals surface area contributed by atoms with Crippen molar-refractivity contribution in [3.8, 4) is 0 Å². The average Bonchev–Trinajstić information content (AvgIpc) is 2.35. The smallest absolute Gasteiger partial charge is 0.337 e. The van der Waals surface area contributed by atoms with Crippen LogP contribution in [0.3, 0.4) is 0 Å². The van der Waals surface area contributed by atoms with Gasteiger partial charge in [0.15, 0.2) is 0 Å². The molecule has 1 saturated heterocycles. The molecule has 5 nitrogen and oxygen atoms in total. The van der Waals surface area contributed by atoms with E-state index < -0.39 is 5.97 Å². The molecule has 1 aliphatic rings. The zero-order valence-corrected chi connectivity index (χ0v) is 12.1. The molecule has 2 rings (SSSR count). The number of hydrogen-bond acceptors (Lipinski definition) is 4. The van der Waals surface area contributed by atoms with Crippen LogP contribution >= 0.6 is 11.6 Å². The molecule has 19 heavy (non-hydrogen) atoms. The highest BCUT2D eigenvalue weighted by atomic mass is 35.5. The summed E-state index contributed by atoms with van der Waals surface area (Å²) in [4.78, 5) is 19.5. The molecular weight excluding hydrogens is 266 g/mol. The van der Waals surface area contributed by atoms with E-state index in [2.05, 4.69) is 35.7 Å². The lowest BCUT2D eigenvalue weighted by Gasteiger charge is -2.43. The summed E-state index contributed by atoms with van der Waals surface area (Å²) in [5.74, 6) is -0.348. The van der Waals surface area contributed by atoms with Crippen molar-refractivity contribution >= 4 is 23.4 Å². The number of pyridine rings is 1. The molecular formula is C13H18ClN3O2. The number of aromatic nitrogens is 1. The fraction of sp³-hybridized carbons (Fsp3) is 0.538.